The summed E-state index contributed by atoms with van der Waals surface area (Å²) in [6, 6.07) is -3.67. The van der Waals surface area contributed by atoms with Crippen LogP contribution in [0.25, 0.3) is 0 Å². The second-order valence-corrected chi connectivity index (χ2v) is 12.4. The molecule has 0 aromatic carbocycles. The van der Waals surface area contributed by atoms with E-state index >= 15 is 0 Å². The zero-order chi connectivity index (χ0) is 29.0. The Hall–Kier alpha value is -3.18. The van der Waals surface area contributed by atoms with E-state index in [0.29, 0.717) is 12.8 Å². The number of nitrogens with zero attached hydrogens (tertiary/aromatic N) is 1. The Morgan fingerprint density at radius 2 is 1.58 bits per heavy atom. The monoisotopic (exact) mass is 537 g/mol. The van der Waals surface area contributed by atoms with Crippen molar-refractivity contribution in [2.24, 2.45) is 23.0 Å². The lowest BCUT2D eigenvalue weighted by atomic mass is 9.85. The van der Waals surface area contributed by atoms with E-state index in [4.69, 9.17) is 10.5 Å². The Bertz CT molecular complexity index is 949. The molecule has 1 saturated carbocycles. The average Bonchev–Trinajstić information content (AvgIpc) is 3.50. The zero-order valence-corrected chi connectivity index (χ0v) is 23.5. The van der Waals surface area contributed by atoms with Gasteiger partial charge in [0.2, 0.25) is 17.6 Å². The van der Waals surface area contributed by atoms with E-state index in [1.165, 1.54) is 4.90 Å². The minimum atomic E-state index is -1.11. The molecular weight excluding hydrogens is 494 g/mol. The molecular formula is C26H43N5O7. The molecule has 1 heterocycles. The molecule has 214 valence electrons. The van der Waals surface area contributed by atoms with Crippen molar-refractivity contribution >= 4 is 35.5 Å². The summed E-state index contributed by atoms with van der Waals surface area (Å²) in [5, 5.41) is 7.71. The minimum Gasteiger partial charge on any atom is -0.459 e. The number of hydrogen-bond acceptors (Lipinski definition) is 7. The van der Waals surface area contributed by atoms with Crippen LogP contribution in [-0.4, -0.2) is 77.2 Å². The van der Waals surface area contributed by atoms with Crippen LogP contribution in [0.2, 0.25) is 0 Å². The number of Topliss-reactive ketones (excluding diaryl/α,β-unsaturated/α-hetero) is 1. The molecule has 1 saturated heterocycles. The normalized spacial score (nSPS) is 21.2. The zero-order valence-electron chi connectivity index (χ0n) is 23.5. The van der Waals surface area contributed by atoms with Crippen molar-refractivity contribution in [2.45, 2.75) is 97.9 Å². The number of primary amides is 1. The van der Waals surface area contributed by atoms with E-state index in [-0.39, 0.29) is 24.9 Å². The number of carbonyl (C=O) groups is 6. The molecule has 1 aliphatic heterocycles. The van der Waals surface area contributed by atoms with Gasteiger partial charge in [0.1, 0.15) is 24.2 Å². The van der Waals surface area contributed by atoms with Crippen LogP contribution in [0.5, 0.6) is 0 Å². The first kappa shape index (κ1) is 31.0. The molecule has 38 heavy (non-hydrogen) atoms. The van der Waals surface area contributed by atoms with E-state index in [2.05, 4.69) is 16.0 Å². The van der Waals surface area contributed by atoms with Crippen LogP contribution in [-0.2, 0) is 28.7 Å². The van der Waals surface area contributed by atoms with Gasteiger partial charge in [-0.05, 0) is 50.9 Å². The van der Waals surface area contributed by atoms with Gasteiger partial charge in [0, 0.05) is 6.54 Å². The van der Waals surface area contributed by atoms with E-state index in [1.54, 1.807) is 41.5 Å². The molecule has 12 heteroatoms. The molecule has 0 aromatic rings. The minimum absolute atomic E-state index is 0.217. The Labute approximate surface area is 224 Å². The molecule has 12 nitrogen and oxygen atoms in total. The van der Waals surface area contributed by atoms with Crippen LogP contribution in [0.4, 0.5) is 4.79 Å². The Morgan fingerprint density at radius 1 is 0.974 bits per heavy atom. The van der Waals surface area contributed by atoms with Crippen molar-refractivity contribution in [2.75, 3.05) is 13.1 Å². The Morgan fingerprint density at radius 3 is 2.08 bits per heavy atom. The highest BCUT2D eigenvalue weighted by atomic mass is 16.6. The van der Waals surface area contributed by atoms with E-state index < -0.39 is 64.6 Å². The lowest BCUT2D eigenvalue weighted by Crippen LogP contribution is -2.60. The molecule has 1 aliphatic carbocycles. The molecule has 5 amide bonds. The lowest BCUT2D eigenvalue weighted by molar-refractivity contribution is -0.153. The number of ether oxygens (including phenoxy) is 1. The maximum Gasteiger partial charge on any atom is 0.325 e. The number of carbonyl (C=O) groups excluding carboxylic acids is 6. The summed E-state index contributed by atoms with van der Waals surface area (Å²) in [6.45, 7) is 12.2. The highest BCUT2D eigenvalue weighted by molar-refractivity contribution is 6.37. The number of esters is 1. The summed E-state index contributed by atoms with van der Waals surface area (Å²) in [5.74, 6) is -3.56. The molecule has 0 aromatic heterocycles. The summed E-state index contributed by atoms with van der Waals surface area (Å²) in [7, 11) is 0. The Balaban J connectivity index is 2.13. The third-order valence-corrected chi connectivity index (χ3v) is 6.60. The average molecular weight is 538 g/mol. The quantitative estimate of drug-likeness (QED) is 0.233. The number of nitrogens with two attached hydrogens (primary N) is 1. The first-order valence-electron chi connectivity index (χ1n) is 13.1. The van der Waals surface area contributed by atoms with E-state index in [9.17, 15) is 28.8 Å². The van der Waals surface area contributed by atoms with Gasteiger partial charge >= 0.3 is 12.0 Å². The summed E-state index contributed by atoms with van der Waals surface area (Å²) in [4.78, 5) is 76.9. The highest BCUT2D eigenvalue weighted by Gasteiger charge is 2.46. The van der Waals surface area contributed by atoms with Crippen LogP contribution in [0.15, 0.2) is 0 Å². The SMILES string of the molecule is C[C@H]1CCN(C(=O)C(NC(=O)NCC(=O)OC(C)(C)C)C(C)(C)C)C1C(=O)NC(CC1CC1)C(=O)C(N)=O. The van der Waals surface area contributed by atoms with Crippen molar-refractivity contribution in [3.05, 3.63) is 0 Å². The van der Waals surface area contributed by atoms with Gasteiger partial charge < -0.3 is 31.3 Å². The standard InChI is InChI=1S/C26H43N5O7/c1-14-10-11-31(18(14)22(35)29-16(12-15-8-9-15)19(33)21(27)34)23(36)20(25(2,3)4)30-24(37)28-13-17(32)38-26(5,6)7/h14-16,18,20H,8-13H2,1-7H3,(H2,27,34)(H,29,35)(H2,28,30,37)/t14-,16?,18?,20?/m0/s1. The summed E-state index contributed by atoms with van der Waals surface area (Å²) in [5.41, 5.74) is 3.75. The molecule has 0 radical (unpaired) electrons. The van der Waals surface area contributed by atoms with Crippen LogP contribution in [0.1, 0.15) is 74.1 Å². The second-order valence-electron chi connectivity index (χ2n) is 12.4. The topological polar surface area (TPSA) is 177 Å². The van der Waals surface area contributed by atoms with E-state index in [0.717, 1.165) is 12.8 Å². The maximum absolute atomic E-state index is 13.7. The lowest BCUT2D eigenvalue weighted by Gasteiger charge is -2.36. The number of nitrogens with one attached hydrogen (secondary N) is 3. The third-order valence-electron chi connectivity index (χ3n) is 6.60. The number of hydrogen-bond donors (Lipinski definition) is 4. The van der Waals surface area contributed by atoms with Gasteiger partial charge in [0.25, 0.3) is 5.91 Å². The smallest absolute Gasteiger partial charge is 0.325 e. The summed E-state index contributed by atoms with van der Waals surface area (Å²) in [6.07, 6.45) is 2.70. The predicted molar refractivity (Wildman–Crippen MR) is 138 cm³/mol. The maximum atomic E-state index is 13.7. The van der Waals surface area contributed by atoms with Gasteiger partial charge in [-0.2, -0.15) is 0 Å². The highest BCUT2D eigenvalue weighted by Crippen LogP contribution is 2.34. The number of urea groups is 1. The van der Waals surface area contributed by atoms with Gasteiger partial charge in [0.15, 0.2) is 0 Å². The number of likely N-dealkylation sites (tertiary alicyclic amines) is 1. The van der Waals surface area contributed by atoms with Gasteiger partial charge in [-0.15, -0.1) is 0 Å². The van der Waals surface area contributed by atoms with Crippen molar-refractivity contribution in [3.8, 4) is 0 Å². The van der Waals surface area contributed by atoms with Crippen molar-refractivity contribution in [1.82, 2.24) is 20.9 Å². The van der Waals surface area contributed by atoms with Gasteiger partial charge in [-0.1, -0.05) is 40.5 Å². The number of amides is 5. The van der Waals surface area contributed by atoms with Crippen LogP contribution in [0, 0.1) is 17.3 Å². The molecule has 0 bridgehead atoms. The largest absolute Gasteiger partial charge is 0.459 e. The van der Waals surface area contributed by atoms with Crippen LogP contribution < -0.4 is 21.7 Å². The molecule has 3 unspecified atom stereocenters. The molecule has 0 spiro atoms. The van der Waals surface area contributed by atoms with Crippen molar-refractivity contribution in [1.29, 1.82) is 0 Å². The summed E-state index contributed by atoms with van der Waals surface area (Å²) < 4.78 is 5.18. The van der Waals surface area contributed by atoms with Gasteiger partial charge in [-0.3, -0.25) is 24.0 Å². The fourth-order valence-corrected chi connectivity index (χ4v) is 4.47. The van der Waals surface area contributed by atoms with Crippen LogP contribution >= 0.6 is 0 Å². The predicted octanol–water partition coefficient (Wildman–Crippen LogP) is 0.618. The number of ketones is 1. The molecule has 2 fully saturated rings. The third kappa shape index (κ3) is 8.98. The van der Waals surface area contributed by atoms with Crippen LogP contribution in [0.3, 0.4) is 0 Å². The molecule has 5 N–H and O–H groups in total. The second kappa shape index (κ2) is 12.1. The van der Waals surface area contributed by atoms with Crippen molar-refractivity contribution in [3.63, 3.8) is 0 Å². The molecule has 4 atom stereocenters. The number of rotatable bonds is 10. The van der Waals surface area contributed by atoms with Gasteiger partial charge in [0.05, 0.1) is 6.04 Å². The first-order chi connectivity index (χ1) is 17.4. The molecule has 2 aliphatic rings. The van der Waals surface area contributed by atoms with E-state index in [1.807, 2.05) is 6.92 Å². The fourth-order valence-electron chi connectivity index (χ4n) is 4.47. The Kier molecular flexibility index (Phi) is 9.90. The fraction of sp³-hybridized carbons (Fsp3) is 0.769. The van der Waals surface area contributed by atoms with Gasteiger partial charge in [-0.25, -0.2) is 4.79 Å². The summed E-state index contributed by atoms with van der Waals surface area (Å²) >= 11 is 0. The van der Waals surface area contributed by atoms with Crippen molar-refractivity contribution < 1.29 is 33.5 Å². The molecule has 2 rings (SSSR count). The first-order valence-corrected chi connectivity index (χ1v) is 13.1.